The number of nitrogens with one attached hydrogen (secondary N) is 1. The Morgan fingerprint density at radius 1 is 1.22 bits per heavy atom. The van der Waals surface area contributed by atoms with E-state index < -0.39 is 0 Å². The third-order valence-electron chi connectivity index (χ3n) is 2.74. The molecule has 0 fully saturated rings. The van der Waals surface area contributed by atoms with E-state index in [0.717, 1.165) is 35.8 Å². The lowest BCUT2D eigenvalue weighted by Crippen LogP contribution is -2.16. The van der Waals surface area contributed by atoms with Gasteiger partial charge in [-0.25, -0.2) is 4.98 Å². The van der Waals surface area contributed by atoms with Crippen LogP contribution in [0.25, 0.3) is 0 Å². The van der Waals surface area contributed by atoms with E-state index in [0.29, 0.717) is 0 Å². The quantitative estimate of drug-likeness (QED) is 0.785. The third kappa shape index (κ3) is 3.91. The number of aliphatic hydroxyl groups excluding tert-OH is 1. The topological polar surface area (TPSA) is 45.1 Å². The molecular formula is C14H18N2OS. The zero-order chi connectivity index (χ0) is 12.8. The van der Waals surface area contributed by atoms with Crippen LogP contribution < -0.4 is 5.32 Å². The molecule has 1 aromatic heterocycles. The Kier molecular flexibility index (Phi) is 4.87. The van der Waals surface area contributed by atoms with E-state index >= 15 is 0 Å². The van der Waals surface area contributed by atoms with Crippen LogP contribution in [0.3, 0.4) is 0 Å². The maximum Gasteiger partial charge on any atom is 0.107 e. The van der Waals surface area contributed by atoms with Crippen molar-refractivity contribution in [3.05, 3.63) is 51.5 Å². The van der Waals surface area contributed by atoms with Gasteiger partial charge >= 0.3 is 0 Å². The number of aliphatic hydroxyl groups is 1. The molecular weight excluding hydrogens is 244 g/mol. The van der Waals surface area contributed by atoms with Gasteiger partial charge < -0.3 is 10.4 Å². The van der Waals surface area contributed by atoms with Gasteiger partial charge in [0.2, 0.25) is 0 Å². The fourth-order valence-electron chi connectivity index (χ4n) is 1.72. The first-order chi connectivity index (χ1) is 8.78. The Bertz CT molecular complexity index is 479. The molecule has 0 aliphatic carbocycles. The lowest BCUT2D eigenvalue weighted by atomic mass is 10.1. The molecule has 3 nitrogen and oxygen atoms in total. The summed E-state index contributed by atoms with van der Waals surface area (Å²) < 4.78 is 0. The lowest BCUT2D eigenvalue weighted by molar-refractivity contribution is 0.282. The molecule has 0 bridgehead atoms. The Balaban J connectivity index is 1.71. The molecule has 0 aliphatic heterocycles. The van der Waals surface area contributed by atoms with Crippen molar-refractivity contribution in [2.24, 2.45) is 0 Å². The molecule has 2 aromatic rings. The molecule has 0 amide bonds. The average Bonchev–Trinajstić information content (AvgIpc) is 2.81. The summed E-state index contributed by atoms with van der Waals surface area (Å²) in [5, 5.41) is 15.6. The maximum atomic E-state index is 8.95. The van der Waals surface area contributed by atoms with Gasteiger partial charge in [0.15, 0.2) is 0 Å². The summed E-state index contributed by atoms with van der Waals surface area (Å²) in [7, 11) is 0. The summed E-state index contributed by atoms with van der Waals surface area (Å²) in [6, 6.07) is 8.08. The molecule has 96 valence electrons. The van der Waals surface area contributed by atoms with Gasteiger partial charge in [-0.15, -0.1) is 11.3 Å². The van der Waals surface area contributed by atoms with Crippen molar-refractivity contribution in [3.63, 3.8) is 0 Å². The van der Waals surface area contributed by atoms with Gasteiger partial charge in [-0.1, -0.05) is 24.3 Å². The average molecular weight is 262 g/mol. The van der Waals surface area contributed by atoms with Crippen molar-refractivity contribution in [1.29, 1.82) is 0 Å². The molecule has 1 heterocycles. The van der Waals surface area contributed by atoms with Crippen LogP contribution in [0.5, 0.6) is 0 Å². The normalized spacial score (nSPS) is 10.8. The van der Waals surface area contributed by atoms with Crippen molar-refractivity contribution >= 4 is 11.3 Å². The van der Waals surface area contributed by atoms with E-state index in [1.165, 1.54) is 5.56 Å². The number of rotatable bonds is 6. The fraction of sp³-hybridized carbons (Fsp3) is 0.357. The number of aryl methyl sites for hydroxylation is 1. The van der Waals surface area contributed by atoms with Gasteiger partial charge in [-0.3, -0.25) is 0 Å². The first-order valence-corrected chi connectivity index (χ1v) is 6.96. The van der Waals surface area contributed by atoms with Gasteiger partial charge in [0.05, 0.1) is 6.61 Å². The van der Waals surface area contributed by atoms with Crippen molar-refractivity contribution in [2.75, 3.05) is 6.54 Å². The molecule has 0 unspecified atom stereocenters. The van der Waals surface area contributed by atoms with Crippen LogP contribution in [0.2, 0.25) is 0 Å². The van der Waals surface area contributed by atoms with Crippen LogP contribution in [0.15, 0.2) is 29.6 Å². The Labute approximate surface area is 112 Å². The highest BCUT2D eigenvalue weighted by molar-refractivity contribution is 7.09. The van der Waals surface area contributed by atoms with Gasteiger partial charge in [0.25, 0.3) is 0 Å². The number of aromatic nitrogens is 1. The number of thiazole rings is 1. The van der Waals surface area contributed by atoms with Crippen molar-refractivity contribution in [1.82, 2.24) is 10.3 Å². The standard InChI is InChI=1S/C14H18N2OS/c1-11-10-18-14(16-11)8-15-7-6-12-2-4-13(9-17)5-3-12/h2-5,10,15,17H,6-9H2,1H3. The monoisotopic (exact) mass is 262 g/mol. The van der Waals surface area contributed by atoms with Crippen LogP contribution in [0.1, 0.15) is 21.8 Å². The van der Waals surface area contributed by atoms with E-state index in [4.69, 9.17) is 5.11 Å². The summed E-state index contributed by atoms with van der Waals surface area (Å²) >= 11 is 1.70. The number of hydrogen-bond donors (Lipinski definition) is 2. The van der Waals surface area contributed by atoms with Crippen molar-refractivity contribution < 1.29 is 5.11 Å². The summed E-state index contributed by atoms with van der Waals surface area (Å²) in [5.74, 6) is 0. The van der Waals surface area contributed by atoms with E-state index in [-0.39, 0.29) is 6.61 Å². The van der Waals surface area contributed by atoms with E-state index in [2.05, 4.69) is 27.8 Å². The zero-order valence-corrected chi connectivity index (χ0v) is 11.3. The Morgan fingerprint density at radius 2 is 1.94 bits per heavy atom. The largest absolute Gasteiger partial charge is 0.392 e. The summed E-state index contributed by atoms with van der Waals surface area (Å²) in [5.41, 5.74) is 3.34. The predicted molar refractivity (Wildman–Crippen MR) is 74.6 cm³/mol. The van der Waals surface area contributed by atoms with Crippen LogP contribution in [-0.2, 0) is 19.6 Å². The van der Waals surface area contributed by atoms with Gasteiger partial charge in [-0.2, -0.15) is 0 Å². The molecule has 18 heavy (non-hydrogen) atoms. The first kappa shape index (κ1) is 13.2. The van der Waals surface area contributed by atoms with Gasteiger partial charge in [0.1, 0.15) is 5.01 Å². The second-order valence-electron chi connectivity index (χ2n) is 4.28. The Morgan fingerprint density at radius 3 is 2.56 bits per heavy atom. The molecule has 0 radical (unpaired) electrons. The zero-order valence-electron chi connectivity index (χ0n) is 10.5. The van der Waals surface area contributed by atoms with Crippen LogP contribution in [0.4, 0.5) is 0 Å². The summed E-state index contributed by atoms with van der Waals surface area (Å²) in [6.07, 6.45) is 0.996. The smallest absolute Gasteiger partial charge is 0.107 e. The Hall–Kier alpha value is -1.23. The van der Waals surface area contributed by atoms with E-state index in [9.17, 15) is 0 Å². The molecule has 0 saturated heterocycles. The van der Waals surface area contributed by atoms with Crippen LogP contribution in [0, 0.1) is 6.92 Å². The van der Waals surface area contributed by atoms with E-state index in [1.807, 2.05) is 19.1 Å². The molecule has 0 atom stereocenters. The highest BCUT2D eigenvalue weighted by Gasteiger charge is 1.98. The molecule has 0 spiro atoms. The lowest BCUT2D eigenvalue weighted by Gasteiger charge is -2.04. The van der Waals surface area contributed by atoms with Gasteiger partial charge in [0, 0.05) is 17.6 Å². The number of benzene rings is 1. The maximum absolute atomic E-state index is 8.95. The SMILES string of the molecule is Cc1csc(CNCCc2ccc(CO)cc2)n1. The minimum atomic E-state index is 0.113. The second-order valence-corrected chi connectivity index (χ2v) is 5.23. The minimum Gasteiger partial charge on any atom is -0.392 e. The molecule has 0 aliphatic rings. The van der Waals surface area contributed by atoms with Crippen LogP contribution >= 0.6 is 11.3 Å². The summed E-state index contributed by atoms with van der Waals surface area (Å²) in [4.78, 5) is 4.41. The predicted octanol–water partition coefficient (Wildman–Crippen LogP) is 2.28. The molecule has 0 saturated carbocycles. The summed E-state index contributed by atoms with van der Waals surface area (Å²) in [6.45, 7) is 3.91. The fourth-order valence-corrected chi connectivity index (χ4v) is 2.46. The second kappa shape index (κ2) is 6.64. The molecule has 2 rings (SSSR count). The molecule has 2 N–H and O–H groups in total. The molecule has 4 heteroatoms. The van der Waals surface area contributed by atoms with Crippen molar-refractivity contribution in [2.45, 2.75) is 26.5 Å². The van der Waals surface area contributed by atoms with Crippen LogP contribution in [-0.4, -0.2) is 16.6 Å². The highest BCUT2D eigenvalue weighted by atomic mass is 32.1. The van der Waals surface area contributed by atoms with E-state index in [1.54, 1.807) is 11.3 Å². The number of hydrogen-bond acceptors (Lipinski definition) is 4. The third-order valence-corrected chi connectivity index (χ3v) is 3.71. The highest BCUT2D eigenvalue weighted by Crippen LogP contribution is 2.08. The van der Waals surface area contributed by atoms with Gasteiger partial charge in [-0.05, 0) is 31.0 Å². The molecule has 1 aromatic carbocycles. The van der Waals surface area contributed by atoms with Crippen molar-refractivity contribution in [3.8, 4) is 0 Å². The number of nitrogens with zero attached hydrogens (tertiary/aromatic N) is 1. The minimum absolute atomic E-state index is 0.113. The first-order valence-electron chi connectivity index (χ1n) is 6.08.